The number of rotatable bonds is 5. The van der Waals surface area contributed by atoms with E-state index in [1.165, 1.54) is 19.9 Å². The zero-order valence-corrected chi connectivity index (χ0v) is 13.5. The van der Waals surface area contributed by atoms with Gasteiger partial charge in [0.05, 0.1) is 5.69 Å². The van der Waals surface area contributed by atoms with Crippen LogP contribution in [0.1, 0.15) is 30.1 Å². The molecule has 0 aliphatic heterocycles. The smallest absolute Gasteiger partial charge is 0.377 e. The van der Waals surface area contributed by atoms with Crippen molar-refractivity contribution in [3.63, 3.8) is 0 Å². The molecule has 2 rings (SSSR count). The van der Waals surface area contributed by atoms with Crippen LogP contribution < -0.4 is 10.6 Å². The molecule has 0 saturated heterocycles. The largest absolute Gasteiger partial charge is 0.447 e. The van der Waals surface area contributed by atoms with Crippen LogP contribution in [-0.2, 0) is 14.3 Å². The van der Waals surface area contributed by atoms with E-state index in [0.717, 1.165) is 0 Å². The minimum Gasteiger partial charge on any atom is -0.447 e. The second kappa shape index (κ2) is 7.40. The molecule has 1 atom stereocenters. The third-order valence-corrected chi connectivity index (χ3v) is 2.95. The number of ether oxygens (including phenoxy) is 1. The van der Waals surface area contributed by atoms with Crippen molar-refractivity contribution < 1.29 is 23.6 Å². The number of nitrogens with zero attached hydrogens (tertiary/aromatic N) is 1. The molecule has 0 radical (unpaired) electrons. The molecular weight excluding hydrogens is 314 g/mol. The summed E-state index contributed by atoms with van der Waals surface area (Å²) in [6, 6.07) is 7.96. The second-order valence-corrected chi connectivity index (χ2v) is 5.13. The van der Waals surface area contributed by atoms with Gasteiger partial charge < -0.3 is 19.9 Å². The van der Waals surface area contributed by atoms with E-state index in [9.17, 15) is 14.4 Å². The Labute approximate surface area is 138 Å². The summed E-state index contributed by atoms with van der Waals surface area (Å²) in [5, 5.41) is 8.81. The molecule has 0 fully saturated rings. The predicted octanol–water partition coefficient (Wildman–Crippen LogP) is 2.13. The highest BCUT2D eigenvalue weighted by molar-refractivity contribution is 5.97. The molecule has 0 aliphatic rings. The lowest BCUT2D eigenvalue weighted by Gasteiger charge is -2.12. The van der Waals surface area contributed by atoms with Crippen LogP contribution in [0, 0.1) is 6.92 Å². The summed E-state index contributed by atoms with van der Waals surface area (Å²) in [7, 11) is 0. The first-order valence-electron chi connectivity index (χ1n) is 7.18. The molecule has 126 valence electrons. The normalized spacial score (nSPS) is 11.5. The molecule has 0 bridgehead atoms. The minimum atomic E-state index is -1.02. The molecule has 0 spiro atoms. The Hall–Kier alpha value is -3.16. The summed E-state index contributed by atoms with van der Waals surface area (Å²) in [6.45, 7) is 4.52. The van der Waals surface area contributed by atoms with Crippen LogP contribution >= 0.6 is 0 Å². The fourth-order valence-electron chi connectivity index (χ4n) is 1.82. The fraction of sp³-hybridized carbons (Fsp3) is 0.250. The monoisotopic (exact) mass is 331 g/mol. The number of esters is 1. The maximum atomic E-state index is 12.0. The van der Waals surface area contributed by atoms with Gasteiger partial charge in [-0.1, -0.05) is 5.16 Å². The maximum Gasteiger partial charge on any atom is 0.377 e. The van der Waals surface area contributed by atoms with Gasteiger partial charge in [0.25, 0.3) is 5.91 Å². The van der Waals surface area contributed by atoms with Crippen LogP contribution in [0.3, 0.4) is 0 Å². The Morgan fingerprint density at radius 2 is 1.71 bits per heavy atom. The molecule has 24 heavy (non-hydrogen) atoms. The summed E-state index contributed by atoms with van der Waals surface area (Å²) in [6.07, 6.45) is -1.02. The number of benzene rings is 1. The Morgan fingerprint density at radius 1 is 1.12 bits per heavy atom. The first-order valence-corrected chi connectivity index (χ1v) is 7.18. The van der Waals surface area contributed by atoms with Crippen molar-refractivity contribution in [2.24, 2.45) is 0 Å². The molecular formula is C16H17N3O5. The number of hydrogen-bond acceptors (Lipinski definition) is 6. The van der Waals surface area contributed by atoms with Crippen LogP contribution in [0.25, 0.3) is 0 Å². The zero-order chi connectivity index (χ0) is 17.7. The van der Waals surface area contributed by atoms with E-state index >= 15 is 0 Å². The van der Waals surface area contributed by atoms with Gasteiger partial charge in [-0.15, -0.1) is 0 Å². The quantitative estimate of drug-likeness (QED) is 0.812. The standard InChI is InChI=1S/C16H17N3O5/c1-9-8-14(24-19-9)16(22)23-10(2)15(21)18-13-6-4-12(5-7-13)17-11(3)20/h4-8,10H,1-3H3,(H,17,20)(H,18,21)/t10-/m0/s1. The highest BCUT2D eigenvalue weighted by Crippen LogP contribution is 2.14. The number of aryl methyl sites for hydroxylation is 1. The molecule has 1 aromatic carbocycles. The second-order valence-electron chi connectivity index (χ2n) is 5.13. The first kappa shape index (κ1) is 17.2. The highest BCUT2D eigenvalue weighted by Gasteiger charge is 2.21. The Kier molecular flexibility index (Phi) is 5.31. The first-order chi connectivity index (χ1) is 11.3. The topological polar surface area (TPSA) is 111 Å². The van der Waals surface area contributed by atoms with Crippen molar-refractivity contribution in [1.82, 2.24) is 5.16 Å². The molecule has 1 heterocycles. The van der Waals surface area contributed by atoms with Crippen molar-refractivity contribution in [3.8, 4) is 0 Å². The number of carbonyl (C=O) groups is 3. The van der Waals surface area contributed by atoms with E-state index in [1.807, 2.05) is 0 Å². The van der Waals surface area contributed by atoms with Gasteiger partial charge in [-0.05, 0) is 38.1 Å². The number of nitrogens with one attached hydrogen (secondary N) is 2. The van der Waals surface area contributed by atoms with Gasteiger partial charge in [0.2, 0.25) is 11.7 Å². The minimum absolute atomic E-state index is 0.0631. The number of anilines is 2. The van der Waals surface area contributed by atoms with Crippen molar-refractivity contribution in [2.75, 3.05) is 10.6 Å². The Morgan fingerprint density at radius 3 is 2.21 bits per heavy atom. The van der Waals surface area contributed by atoms with Gasteiger partial charge in [0, 0.05) is 24.4 Å². The van der Waals surface area contributed by atoms with Crippen LogP contribution in [-0.4, -0.2) is 29.0 Å². The van der Waals surface area contributed by atoms with Crippen molar-refractivity contribution in [3.05, 3.63) is 41.8 Å². The lowest BCUT2D eigenvalue weighted by atomic mass is 10.2. The molecule has 0 unspecified atom stereocenters. The Bertz CT molecular complexity index is 751. The molecule has 0 aliphatic carbocycles. The van der Waals surface area contributed by atoms with Gasteiger partial charge in [-0.25, -0.2) is 4.79 Å². The summed E-state index contributed by atoms with van der Waals surface area (Å²) < 4.78 is 9.80. The average Bonchev–Trinajstić information content (AvgIpc) is 2.95. The average molecular weight is 331 g/mol. The molecule has 2 N–H and O–H groups in total. The summed E-state index contributed by atoms with van der Waals surface area (Å²) in [5.74, 6) is -1.51. The van der Waals surface area contributed by atoms with E-state index in [1.54, 1.807) is 31.2 Å². The van der Waals surface area contributed by atoms with E-state index < -0.39 is 18.0 Å². The maximum absolute atomic E-state index is 12.0. The lowest BCUT2D eigenvalue weighted by molar-refractivity contribution is -0.123. The zero-order valence-electron chi connectivity index (χ0n) is 13.5. The number of amides is 2. The number of carbonyl (C=O) groups excluding carboxylic acids is 3. The summed E-state index contributed by atoms with van der Waals surface area (Å²) >= 11 is 0. The number of hydrogen-bond donors (Lipinski definition) is 2. The Balaban J connectivity index is 1.91. The van der Waals surface area contributed by atoms with E-state index in [2.05, 4.69) is 15.8 Å². The van der Waals surface area contributed by atoms with Gasteiger partial charge in [0.1, 0.15) is 0 Å². The molecule has 0 saturated carbocycles. The van der Waals surface area contributed by atoms with Gasteiger partial charge in [-0.3, -0.25) is 9.59 Å². The van der Waals surface area contributed by atoms with Gasteiger partial charge in [-0.2, -0.15) is 0 Å². The molecule has 2 aromatic rings. The van der Waals surface area contributed by atoms with Gasteiger partial charge >= 0.3 is 5.97 Å². The molecule has 1 aromatic heterocycles. The van der Waals surface area contributed by atoms with Crippen molar-refractivity contribution in [2.45, 2.75) is 26.9 Å². The number of aromatic nitrogens is 1. The SMILES string of the molecule is CC(=O)Nc1ccc(NC(=O)[C@H](C)OC(=O)c2cc(C)no2)cc1. The predicted molar refractivity (Wildman–Crippen MR) is 85.5 cm³/mol. The summed E-state index contributed by atoms with van der Waals surface area (Å²) in [4.78, 5) is 34.8. The van der Waals surface area contributed by atoms with Crippen LogP contribution in [0.4, 0.5) is 11.4 Å². The lowest BCUT2D eigenvalue weighted by Crippen LogP contribution is -2.29. The van der Waals surface area contributed by atoms with E-state index in [4.69, 9.17) is 9.26 Å². The highest BCUT2D eigenvalue weighted by atomic mass is 16.6. The van der Waals surface area contributed by atoms with E-state index in [0.29, 0.717) is 17.1 Å². The third-order valence-electron chi connectivity index (χ3n) is 2.95. The molecule has 8 nitrogen and oxygen atoms in total. The molecule has 8 heteroatoms. The molecule has 2 amide bonds. The fourth-order valence-corrected chi connectivity index (χ4v) is 1.82. The summed E-state index contributed by atoms with van der Waals surface area (Å²) in [5.41, 5.74) is 1.66. The van der Waals surface area contributed by atoms with Crippen LogP contribution in [0.5, 0.6) is 0 Å². The van der Waals surface area contributed by atoms with Crippen molar-refractivity contribution >= 4 is 29.2 Å². The van der Waals surface area contributed by atoms with Crippen LogP contribution in [0.15, 0.2) is 34.9 Å². The van der Waals surface area contributed by atoms with Crippen molar-refractivity contribution in [1.29, 1.82) is 0 Å². The van der Waals surface area contributed by atoms with Gasteiger partial charge in [0.15, 0.2) is 6.10 Å². The van der Waals surface area contributed by atoms with E-state index in [-0.39, 0.29) is 11.7 Å². The third kappa shape index (κ3) is 4.67. The van der Waals surface area contributed by atoms with Crippen LogP contribution in [0.2, 0.25) is 0 Å².